The molecule has 0 radical (unpaired) electrons. The minimum absolute atomic E-state index is 0.580. The SMILES string of the molecule is CCC(CC1CC1)Nc1c(C)cccc1N. The highest BCUT2D eigenvalue weighted by Gasteiger charge is 2.25. The van der Waals surface area contributed by atoms with E-state index in [4.69, 9.17) is 5.73 Å². The molecule has 0 aromatic heterocycles. The predicted molar refractivity (Wildman–Crippen MR) is 70.6 cm³/mol. The molecule has 2 nitrogen and oxygen atoms in total. The standard InChI is InChI=1S/C14H22N2/c1-3-12(9-11-7-8-11)16-14-10(2)5-4-6-13(14)15/h4-6,11-12,16H,3,7-9,15H2,1-2H3. The molecule has 1 aliphatic rings. The molecule has 1 aromatic carbocycles. The first-order chi connectivity index (χ1) is 7.70. The lowest BCUT2D eigenvalue weighted by Gasteiger charge is -2.21. The smallest absolute Gasteiger partial charge is 0.0605 e. The van der Waals surface area contributed by atoms with Gasteiger partial charge in [0.15, 0.2) is 0 Å². The molecule has 0 spiro atoms. The van der Waals surface area contributed by atoms with Crippen molar-refractivity contribution in [1.82, 2.24) is 0 Å². The van der Waals surface area contributed by atoms with Crippen molar-refractivity contribution in [2.75, 3.05) is 11.1 Å². The number of hydrogen-bond donors (Lipinski definition) is 2. The van der Waals surface area contributed by atoms with Crippen LogP contribution in [0.15, 0.2) is 18.2 Å². The first kappa shape index (κ1) is 11.3. The van der Waals surface area contributed by atoms with Crippen LogP contribution in [-0.2, 0) is 0 Å². The molecule has 1 atom stereocenters. The molecule has 1 aliphatic carbocycles. The molecular weight excluding hydrogens is 196 g/mol. The number of benzene rings is 1. The highest BCUT2D eigenvalue weighted by molar-refractivity contribution is 5.70. The summed E-state index contributed by atoms with van der Waals surface area (Å²) in [5, 5.41) is 3.61. The minimum atomic E-state index is 0.580. The van der Waals surface area contributed by atoms with Gasteiger partial charge in [0.05, 0.1) is 11.4 Å². The normalized spacial score (nSPS) is 17.1. The topological polar surface area (TPSA) is 38.0 Å². The van der Waals surface area contributed by atoms with E-state index >= 15 is 0 Å². The molecule has 1 fully saturated rings. The number of rotatable bonds is 5. The minimum Gasteiger partial charge on any atom is -0.397 e. The van der Waals surface area contributed by atoms with Crippen LogP contribution in [0.1, 0.15) is 38.2 Å². The third-order valence-electron chi connectivity index (χ3n) is 3.46. The van der Waals surface area contributed by atoms with Crippen LogP contribution in [0, 0.1) is 12.8 Å². The average Bonchev–Trinajstić information content (AvgIpc) is 3.06. The molecular formula is C14H22N2. The molecule has 88 valence electrons. The third-order valence-corrected chi connectivity index (χ3v) is 3.46. The van der Waals surface area contributed by atoms with E-state index in [-0.39, 0.29) is 0 Å². The van der Waals surface area contributed by atoms with E-state index in [1.165, 1.54) is 31.2 Å². The zero-order valence-electron chi connectivity index (χ0n) is 10.3. The second-order valence-corrected chi connectivity index (χ2v) is 4.97. The summed E-state index contributed by atoms with van der Waals surface area (Å²) in [5.74, 6) is 0.961. The summed E-state index contributed by atoms with van der Waals surface area (Å²) >= 11 is 0. The van der Waals surface area contributed by atoms with E-state index in [2.05, 4.69) is 25.2 Å². The van der Waals surface area contributed by atoms with Crippen LogP contribution in [0.4, 0.5) is 11.4 Å². The maximum atomic E-state index is 6.01. The number of nitrogens with one attached hydrogen (secondary N) is 1. The van der Waals surface area contributed by atoms with Gasteiger partial charge in [0, 0.05) is 6.04 Å². The summed E-state index contributed by atoms with van der Waals surface area (Å²) < 4.78 is 0. The van der Waals surface area contributed by atoms with Crippen molar-refractivity contribution in [2.24, 2.45) is 5.92 Å². The van der Waals surface area contributed by atoms with Crippen molar-refractivity contribution in [3.05, 3.63) is 23.8 Å². The molecule has 0 aliphatic heterocycles. The Bertz CT molecular complexity index is 336. The van der Waals surface area contributed by atoms with E-state index in [1.54, 1.807) is 0 Å². The predicted octanol–water partition coefficient (Wildman–Crippen LogP) is 3.57. The van der Waals surface area contributed by atoms with Gasteiger partial charge in [-0.05, 0) is 37.3 Å². The van der Waals surface area contributed by atoms with Crippen molar-refractivity contribution in [3.8, 4) is 0 Å². The second kappa shape index (κ2) is 4.77. The zero-order valence-corrected chi connectivity index (χ0v) is 10.3. The Hall–Kier alpha value is -1.18. The van der Waals surface area contributed by atoms with Gasteiger partial charge in [-0.15, -0.1) is 0 Å². The largest absolute Gasteiger partial charge is 0.397 e. The number of para-hydroxylation sites is 1. The fourth-order valence-corrected chi connectivity index (χ4v) is 2.18. The molecule has 0 amide bonds. The van der Waals surface area contributed by atoms with Gasteiger partial charge < -0.3 is 11.1 Å². The highest BCUT2D eigenvalue weighted by Crippen LogP contribution is 2.35. The second-order valence-electron chi connectivity index (χ2n) is 4.97. The fourth-order valence-electron chi connectivity index (χ4n) is 2.18. The summed E-state index contributed by atoms with van der Waals surface area (Å²) in [6, 6.07) is 6.68. The summed E-state index contributed by atoms with van der Waals surface area (Å²) in [7, 11) is 0. The van der Waals surface area contributed by atoms with Gasteiger partial charge >= 0.3 is 0 Å². The summed E-state index contributed by atoms with van der Waals surface area (Å²) in [6.07, 6.45) is 5.30. The Morgan fingerprint density at radius 1 is 1.44 bits per heavy atom. The monoisotopic (exact) mass is 218 g/mol. The van der Waals surface area contributed by atoms with Crippen molar-refractivity contribution in [1.29, 1.82) is 0 Å². The summed E-state index contributed by atoms with van der Waals surface area (Å²) in [5.41, 5.74) is 9.26. The molecule has 2 heteroatoms. The van der Waals surface area contributed by atoms with Gasteiger partial charge in [0.1, 0.15) is 0 Å². The Morgan fingerprint density at radius 3 is 2.75 bits per heavy atom. The van der Waals surface area contributed by atoms with Gasteiger partial charge in [-0.1, -0.05) is 31.9 Å². The molecule has 0 saturated heterocycles. The van der Waals surface area contributed by atoms with Crippen molar-refractivity contribution >= 4 is 11.4 Å². The van der Waals surface area contributed by atoms with E-state index in [0.717, 1.165) is 17.3 Å². The quantitative estimate of drug-likeness (QED) is 0.741. The number of nitrogens with two attached hydrogens (primary N) is 1. The van der Waals surface area contributed by atoms with Crippen LogP contribution in [-0.4, -0.2) is 6.04 Å². The lowest BCUT2D eigenvalue weighted by molar-refractivity contribution is 0.587. The number of aryl methyl sites for hydroxylation is 1. The lowest BCUT2D eigenvalue weighted by atomic mass is 10.1. The summed E-state index contributed by atoms with van der Waals surface area (Å²) in [6.45, 7) is 4.36. The Balaban J connectivity index is 2.05. The van der Waals surface area contributed by atoms with Gasteiger partial charge in [-0.25, -0.2) is 0 Å². The lowest BCUT2D eigenvalue weighted by Crippen LogP contribution is -2.20. The van der Waals surface area contributed by atoms with Crippen molar-refractivity contribution in [2.45, 2.75) is 45.6 Å². The molecule has 1 saturated carbocycles. The molecule has 3 N–H and O–H groups in total. The Labute approximate surface area is 98.2 Å². The highest BCUT2D eigenvalue weighted by atomic mass is 14.9. The van der Waals surface area contributed by atoms with Gasteiger partial charge in [0.25, 0.3) is 0 Å². The Kier molecular flexibility index (Phi) is 3.37. The molecule has 1 unspecified atom stereocenters. The van der Waals surface area contributed by atoms with Crippen LogP contribution in [0.5, 0.6) is 0 Å². The number of nitrogen functional groups attached to an aromatic ring is 1. The van der Waals surface area contributed by atoms with E-state index in [9.17, 15) is 0 Å². The fraction of sp³-hybridized carbons (Fsp3) is 0.571. The van der Waals surface area contributed by atoms with Crippen LogP contribution in [0.2, 0.25) is 0 Å². The van der Waals surface area contributed by atoms with E-state index in [1.807, 2.05) is 12.1 Å². The van der Waals surface area contributed by atoms with Gasteiger partial charge in [0.2, 0.25) is 0 Å². The summed E-state index contributed by atoms with van der Waals surface area (Å²) in [4.78, 5) is 0. The number of hydrogen-bond acceptors (Lipinski definition) is 2. The first-order valence-electron chi connectivity index (χ1n) is 6.32. The van der Waals surface area contributed by atoms with Crippen LogP contribution >= 0.6 is 0 Å². The van der Waals surface area contributed by atoms with Crippen molar-refractivity contribution < 1.29 is 0 Å². The van der Waals surface area contributed by atoms with E-state index in [0.29, 0.717) is 6.04 Å². The number of anilines is 2. The van der Waals surface area contributed by atoms with Gasteiger partial charge in [-0.2, -0.15) is 0 Å². The molecule has 16 heavy (non-hydrogen) atoms. The van der Waals surface area contributed by atoms with Crippen LogP contribution in [0.25, 0.3) is 0 Å². The van der Waals surface area contributed by atoms with Crippen LogP contribution in [0.3, 0.4) is 0 Å². The maximum absolute atomic E-state index is 6.01. The van der Waals surface area contributed by atoms with Crippen LogP contribution < -0.4 is 11.1 Å². The maximum Gasteiger partial charge on any atom is 0.0605 e. The first-order valence-corrected chi connectivity index (χ1v) is 6.32. The molecule has 1 aromatic rings. The molecule has 0 heterocycles. The zero-order chi connectivity index (χ0) is 11.5. The van der Waals surface area contributed by atoms with Crippen molar-refractivity contribution in [3.63, 3.8) is 0 Å². The molecule has 0 bridgehead atoms. The van der Waals surface area contributed by atoms with E-state index < -0.39 is 0 Å². The average molecular weight is 218 g/mol. The third kappa shape index (κ3) is 2.69. The Morgan fingerprint density at radius 2 is 2.19 bits per heavy atom. The molecule has 2 rings (SSSR count). The van der Waals surface area contributed by atoms with Gasteiger partial charge in [-0.3, -0.25) is 0 Å².